The third-order valence-corrected chi connectivity index (χ3v) is 3.79. The number of hydrogen-bond donors (Lipinski definition) is 2. The summed E-state index contributed by atoms with van der Waals surface area (Å²) in [6, 6.07) is 4.14. The molecule has 0 saturated heterocycles. The maximum absolute atomic E-state index is 4.65. The first-order valence-electron chi connectivity index (χ1n) is 7.37. The molecule has 0 radical (unpaired) electrons. The van der Waals surface area contributed by atoms with Crippen LogP contribution < -0.4 is 10.6 Å². The van der Waals surface area contributed by atoms with Crippen LogP contribution in [-0.4, -0.2) is 23.1 Å². The van der Waals surface area contributed by atoms with Crippen molar-refractivity contribution in [1.82, 2.24) is 9.97 Å². The first kappa shape index (κ1) is 15.8. The third kappa shape index (κ3) is 4.70. The third-order valence-electron chi connectivity index (χ3n) is 3.05. The largest absolute Gasteiger partial charge is 0.370 e. The number of nitrogens with one attached hydrogen (secondary N) is 2. The number of anilines is 2. The highest BCUT2D eigenvalue weighted by molar-refractivity contribution is 7.07. The molecule has 5 heteroatoms. The van der Waals surface area contributed by atoms with E-state index >= 15 is 0 Å². The number of hydrogen-bond acceptors (Lipinski definition) is 5. The minimum Gasteiger partial charge on any atom is -0.370 e. The van der Waals surface area contributed by atoms with Crippen LogP contribution in [0.25, 0.3) is 0 Å². The van der Waals surface area contributed by atoms with E-state index in [0.29, 0.717) is 0 Å². The molecule has 0 bridgehead atoms. The van der Waals surface area contributed by atoms with E-state index in [2.05, 4.69) is 65.1 Å². The van der Waals surface area contributed by atoms with Gasteiger partial charge in [-0.1, -0.05) is 20.8 Å². The average molecular weight is 304 g/mol. The lowest BCUT2D eigenvalue weighted by atomic mass is 9.96. The Kier molecular flexibility index (Phi) is 5.17. The fourth-order valence-corrected chi connectivity index (χ4v) is 2.62. The number of thiophene rings is 1. The summed E-state index contributed by atoms with van der Waals surface area (Å²) < 4.78 is 0. The lowest BCUT2D eigenvalue weighted by molar-refractivity contribution is 0.546. The summed E-state index contributed by atoms with van der Waals surface area (Å²) in [7, 11) is 0. The Morgan fingerprint density at radius 3 is 2.43 bits per heavy atom. The molecule has 21 heavy (non-hydrogen) atoms. The molecular weight excluding hydrogens is 280 g/mol. The SMILES string of the molecule is CCNc1cc(NCCc2ccsc2)nc(C(C)(C)C)n1. The zero-order valence-electron chi connectivity index (χ0n) is 13.2. The summed E-state index contributed by atoms with van der Waals surface area (Å²) in [6.07, 6.45) is 1.01. The van der Waals surface area contributed by atoms with E-state index in [9.17, 15) is 0 Å². The van der Waals surface area contributed by atoms with Crippen molar-refractivity contribution in [2.75, 3.05) is 23.7 Å². The van der Waals surface area contributed by atoms with E-state index in [-0.39, 0.29) is 5.41 Å². The van der Waals surface area contributed by atoms with Gasteiger partial charge in [0.2, 0.25) is 0 Å². The summed E-state index contributed by atoms with van der Waals surface area (Å²) in [5.74, 6) is 2.63. The second-order valence-corrected chi connectivity index (χ2v) is 6.83. The molecule has 4 nitrogen and oxygen atoms in total. The Bertz CT molecular complexity index is 558. The molecule has 0 aliphatic rings. The molecule has 0 saturated carbocycles. The smallest absolute Gasteiger partial charge is 0.138 e. The predicted molar refractivity (Wildman–Crippen MR) is 91.4 cm³/mol. The van der Waals surface area contributed by atoms with Crippen LogP contribution in [0, 0.1) is 0 Å². The second-order valence-electron chi connectivity index (χ2n) is 6.05. The Balaban J connectivity index is 2.08. The zero-order chi connectivity index (χ0) is 15.3. The number of nitrogens with zero attached hydrogens (tertiary/aromatic N) is 2. The molecule has 0 atom stereocenters. The zero-order valence-corrected chi connectivity index (χ0v) is 14.0. The van der Waals surface area contributed by atoms with E-state index in [4.69, 9.17) is 0 Å². The van der Waals surface area contributed by atoms with Crippen LogP contribution in [0.15, 0.2) is 22.9 Å². The fraction of sp³-hybridized carbons (Fsp3) is 0.500. The van der Waals surface area contributed by atoms with Crippen molar-refractivity contribution in [2.24, 2.45) is 0 Å². The second kappa shape index (κ2) is 6.89. The van der Waals surface area contributed by atoms with Gasteiger partial charge in [0.1, 0.15) is 17.5 Å². The molecular formula is C16H24N4S. The predicted octanol–water partition coefficient (Wildman–Crippen LogP) is 3.92. The van der Waals surface area contributed by atoms with E-state index in [1.807, 2.05) is 6.07 Å². The van der Waals surface area contributed by atoms with Gasteiger partial charge in [-0.25, -0.2) is 9.97 Å². The molecule has 2 heterocycles. The molecule has 0 unspecified atom stereocenters. The maximum Gasteiger partial charge on any atom is 0.138 e. The highest BCUT2D eigenvalue weighted by Gasteiger charge is 2.19. The molecule has 114 valence electrons. The van der Waals surface area contributed by atoms with E-state index in [1.165, 1.54) is 5.56 Å². The van der Waals surface area contributed by atoms with Crippen molar-refractivity contribution in [3.8, 4) is 0 Å². The molecule has 0 aliphatic carbocycles. The van der Waals surface area contributed by atoms with Crippen LogP contribution in [0.1, 0.15) is 39.1 Å². The summed E-state index contributed by atoms with van der Waals surface area (Å²) in [5, 5.41) is 11.0. The molecule has 0 aliphatic heterocycles. The van der Waals surface area contributed by atoms with E-state index in [0.717, 1.165) is 37.0 Å². The van der Waals surface area contributed by atoms with Gasteiger partial charge in [0.15, 0.2) is 0 Å². The van der Waals surface area contributed by atoms with Gasteiger partial charge in [0, 0.05) is 24.6 Å². The maximum atomic E-state index is 4.65. The summed E-state index contributed by atoms with van der Waals surface area (Å²) in [5.41, 5.74) is 1.30. The quantitative estimate of drug-likeness (QED) is 0.849. The topological polar surface area (TPSA) is 49.8 Å². The molecule has 2 N–H and O–H groups in total. The lowest BCUT2D eigenvalue weighted by Gasteiger charge is -2.19. The van der Waals surface area contributed by atoms with Gasteiger partial charge in [-0.3, -0.25) is 0 Å². The van der Waals surface area contributed by atoms with E-state index < -0.39 is 0 Å². The highest BCUT2D eigenvalue weighted by atomic mass is 32.1. The lowest BCUT2D eigenvalue weighted by Crippen LogP contribution is -2.19. The number of aromatic nitrogens is 2. The van der Waals surface area contributed by atoms with Crippen LogP contribution in [0.2, 0.25) is 0 Å². The molecule has 0 spiro atoms. The molecule has 2 aromatic rings. The van der Waals surface area contributed by atoms with Crippen molar-refractivity contribution in [1.29, 1.82) is 0 Å². The van der Waals surface area contributed by atoms with Crippen molar-refractivity contribution in [3.63, 3.8) is 0 Å². The van der Waals surface area contributed by atoms with Crippen molar-refractivity contribution in [3.05, 3.63) is 34.3 Å². The molecule has 2 rings (SSSR count). The summed E-state index contributed by atoms with van der Waals surface area (Å²) >= 11 is 1.74. The van der Waals surface area contributed by atoms with Gasteiger partial charge < -0.3 is 10.6 Å². The van der Waals surface area contributed by atoms with Gasteiger partial charge in [-0.05, 0) is 35.7 Å². The van der Waals surface area contributed by atoms with Crippen molar-refractivity contribution in [2.45, 2.75) is 39.5 Å². The molecule has 2 aromatic heterocycles. The number of rotatable bonds is 6. The molecule has 0 amide bonds. The van der Waals surface area contributed by atoms with Crippen LogP contribution in [0.3, 0.4) is 0 Å². The van der Waals surface area contributed by atoms with Gasteiger partial charge >= 0.3 is 0 Å². The Morgan fingerprint density at radius 1 is 1.14 bits per heavy atom. The highest BCUT2D eigenvalue weighted by Crippen LogP contribution is 2.22. The summed E-state index contributed by atoms with van der Waals surface area (Å²) in [4.78, 5) is 9.24. The van der Waals surface area contributed by atoms with Gasteiger partial charge in [-0.15, -0.1) is 0 Å². The minimum absolute atomic E-state index is 0.0603. The fourth-order valence-electron chi connectivity index (χ4n) is 1.91. The molecule has 0 aromatic carbocycles. The van der Waals surface area contributed by atoms with Crippen molar-refractivity contribution < 1.29 is 0 Å². The van der Waals surface area contributed by atoms with E-state index in [1.54, 1.807) is 11.3 Å². The monoisotopic (exact) mass is 304 g/mol. The first-order chi connectivity index (χ1) is 9.99. The Hall–Kier alpha value is -1.62. The van der Waals surface area contributed by atoms with Gasteiger partial charge in [-0.2, -0.15) is 11.3 Å². The van der Waals surface area contributed by atoms with Crippen LogP contribution in [-0.2, 0) is 11.8 Å². The summed E-state index contributed by atoms with van der Waals surface area (Å²) in [6.45, 7) is 10.2. The van der Waals surface area contributed by atoms with Crippen LogP contribution in [0.4, 0.5) is 11.6 Å². The van der Waals surface area contributed by atoms with Crippen LogP contribution in [0.5, 0.6) is 0 Å². The van der Waals surface area contributed by atoms with Crippen molar-refractivity contribution >= 4 is 23.0 Å². The Labute approximate surface area is 131 Å². The Morgan fingerprint density at radius 2 is 1.86 bits per heavy atom. The van der Waals surface area contributed by atoms with Gasteiger partial charge in [0.05, 0.1) is 0 Å². The molecule has 0 fully saturated rings. The average Bonchev–Trinajstić information content (AvgIpc) is 2.91. The first-order valence-corrected chi connectivity index (χ1v) is 8.31. The standard InChI is InChI=1S/C16H24N4S/c1-5-17-13-10-14(20-15(19-13)16(2,3)4)18-8-6-12-7-9-21-11-12/h7,9-11H,5-6,8H2,1-4H3,(H2,17,18,19,20). The van der Waals surface area contributed by atoms with Gasteiger partial charge in [0.25, 0.3) is 0 Å². The minimum atomic E-state index is -0.0603. The van der Waals surface area contributed by atoms with Crippen LogP contribution >= 0.6 is 11.3 Å². The normalized spacial score (nSPS) is 11.4.